The van der Waals surface area contributed by atoms with Crippen molar-refractivity contribution in [2.75, 3.05) is 13.2 Å². The molecular weight excluding hydrogens is 224 g/mol. The summed E-state index contributed by atoms with van der Waals surface area (Å²) in [4.78, 5) is 10.3. The number of nitro benzene ring substituents is 1. The van der Waals surface area contributed by atoms with E-state index in [9.17, 15) is 10.1 Å². The van der Waals surface area contributed by atoms with Gasteiger partial charge in [-0.15, -0.1) is 0 Å². The molecule has 1 aromatic rings. The van der Waals surface area contributed by atoms with Gasteiger partial charge in [-0.3, -0.25) is 10.1 Å². The van der Waals surface area contributed by atoms with Gasteiger partial charge in [0.15, 0.2) is 0 Å². The summed E-state index contributed by atoms with van der Waals surface area (Å²) >= 11 is 0. The van der Waals surface area contributed by atoms with E-state index in [2.05, 4.69) is 0 Å². The summed E-state index contributed by atoms with van der Waals surface area (Å²) < 4.78 is 10.7. The van der Waals surface area contributed by atoms with Gasteiger partial charge in [-0.05, 0) is 19.9 Å². The lowest BCUT2D eigenvalue weighted by Crippen LogP contribution is -2.11. The Bertz CT molecular complexity index is 393. The smallest absolute Gasteiger partial charge is 0.311 e. The normalized spacial score (nSPS) is 10.4. The van der Waals surface area contributed by atoms with Crippen LogP contribution in [-0.4, -0.2) is 24.2 Å². The largest absolute Gasteiger partial charge is 0.492 e. The minimum atomic E-state index is -0.482. The van der Waals surface area contributed by atoms with Crippen molar-refractivity contribution in [3.8, 4) is 11.5 Å². The van der Waals surface area contributed by atoms with Crippen molar-refractivity contribution in [2.45, 2.75) is 20.0 Å². The molecular formula is C11H16N2O4. The first kappa shape index (κ1) is 13.2. The monoisotopic (exact) mass is 240 g/mol. The Morgan fingerprint density at radius 3 is 2.71 bits per heavy atom. The quantitative estimate of drug-likeness (QED) is 0.604. The van der Waals surface area contributed by atoms with Gasteiger partial charge in [-0.2, -0.15) is 0 Å². The fourth-order valence-electron chi connectivity index (χ4n) is 1.26. The average molecular weight is 240 g/mol. The van der Waals surface area contributed by atoms with E-state index in [-0.39, 0.29) is 17.5 Å². The van der Waals surface area contributed by atoms with E-state index in [1.165, 1.54) is 18.2 Å². The lowest BCUT2D eigenvalue weighted by molar-refractivity contribution is -0.386. The highest BCUT2D eigenvalue weighted by Gasteiger charge is 2.17. The summed E-state index contributed by atoms with van der Waals surface area (Å²) in [5, 5.41) is 10.8. The maximum Gasteiger partial charge on any atom is 0.311 e. The Hall–Kier alpha value is -1.82. The minimum Gasteiger partial charge on any atom is -0.492 e. The number of nitrogens with two attached hydrogens (primary N) is 1. The van der Waals surface area contributed by atoms with Crippen LogP contribution in [-0.2, 0) is 0 Å². The van der Waals surface area contributed by atoms with Gasteiger partial charge in [0.1, 0.15) is 12.4 Å². The summed E-state index contributed by atoms with van der Waals surface area (Å²) in [5.74, 6) is 0.719. The molecule has 0 saturated heterocycles. The summed E-state index contributed by atoms with van der Waals surface area (Å²) in [7, 11) is 0. The molecule has 2 N–H and O–H groups in total. The van der Waals surface area contributed by atoms with Gasteiger partial charge in [0, 0.05) is 18.7 Å². The van der Waals surface area contributed by atoms with Gasteiger partial charge >= 0.3 is 5.69 Å². The Morgan fingerprint density at radius 2 is 2.18 bits per heavy atom. The number of rotatable bonds is 6. The van der Waals surface area contributed by atoms with Crippen molar-refractivity contribution in [3.63, 3.8) is 0 Å². The zero-order chi connectivity index (χ0) is 12.8. The minimum absolute atomic E-state index is 0.0706. The predicted octanol–water partition coefficient (Wildman–Crippen LogP) is 1.72. The van der Waals surface area contributed by atoms with Crippen LogP contribution < -0.4 is 15.2 Å². The second kappa shape index (κ2) is 6.05. The van der Waals surface area contributed by atoms with E-state index >= 15 is 0 Å². The number of benzene rings is 1. The van der Waals surface area contributed by atoms with Crippen LogP contribution in [0.3, 0.4) is 0 Å². The lowest BCUT2D eigenvalue weighted by atomic mass is 10.2. The van der Waals surface area contributed by atoms with E-state index in [0.717, 1.165) is 0 Å². The topological polar surface area (TPSA) is 87.6 Å². The van der Waals surface area contributed by atoms with Gasteiger partial charge in [0.2, 0.25) is 5.75 Å². The zero-order valence-electron chi connectivity index (χ0n) is 9.88. The molecule has 17 heavy (non-hydrogen) atoms. The molecule has 0 aliphatic rings. The van der Waals surface area contributed by atoms with Gasteiger partial charge in [0.05, 0.1) is 11.0 Å². The van der Waals surface area contributed by atoms with Crippen molar-refractivity contribution in [1.29, 1.82) is 0 Å². The van der Waals surface area contributed by atoms with Crippen molar-refractivity contribution >= 4 is 5.69 Å². The Morgan fingerprint density at radius 1 is 1.47 bits per heavy atom. The number of hydrogen-bond donors (Lipinski definition) is 1. The fraction of sp³-hybridized carbons (Fsp3) is 0.455. The van der Waals surface area contributed by atoms with E-state index in [1.54, 1.807) is 13.8 Å². The maximum atomic E-state index is 10.8. The molecule has 0 aliphatic heterocycles. The van der Waals surface area contributed by atoms with Crippen molar-refractivity contribution in [3.05, 3.63) is 28.3 Å². The van der Waals surface area contributed by atoms with E-state index in [1.807, 2.05) is 0 Å². The average Bonchev–Trinajstić information content (AvgIpc) is 2.25. The van der Waals surface area contributed by atoms with Crippen molar-refractivity contribution < 1.29 is 14.4 Å². The lowest BCUT2D eigenvalue weighted by Gasteiger charge is -2.11. The molecule has 0 saturated carbocycles. The molecule has 0 heterocycles. The van der Waals surface area contributed by atoms with Crippen LogP contribution in [0.5, 0.6) is 11.5 Å². The molecule has 0 atom stereocenters. The molecule has 1 rings (SSSR count). The first-order valence-electron chi connectivity index (χ1n) is 5.32. The molecule has 0 radical (unpaired) electrons. The molecule has 1 aromatic carbocycles. The van der Waals surface area contributed by atoms with E-state index in [0.29, 0.717) is 18.9 Å². The summed E-state index contributed by atoms with van der Waals surface area (Å²) in [5.41, 5.74) is 5.24. The molecule has 94 valence electrons. The number of nitrogens with zero attached hydrogens (tertiary/aromatic N) is 1. The van der Waals surface area contributed by atoms with Crippen molar-refractivity contribution in [2.24, 2.45) is 5.73 Å². The third-order valence-corrected chi connectivity index (χ3v) is 1.88. The van der Waals surface area contributed by atoms with Gasteiger partial charge in [-0.25, -0.2) is 0 Å². The molecule has 0 bridgehead atoms. The zero-order valence-corrected chi connectivity index (χ0v) is 9.88. The molecule has 0 unspecified atom stereocenters. The van der Waals surface area contributed by atoms with Gasteiger partial charge in [-0.1, -0.05) is 0 Å². The Kier molecular flexibility index (Phi) is 4.71. The van der Waals surface area contributed by atoms with E-state index < -0.39 is 4.92 Å². The SMILES string of the molecule is CC(C)Oc1cc(OCCN)ccc1[N+](=O)[O-]. The molecule has 0 amide bonds. The Labute approximate surface area is 99.5 Å². The van der Waals surface area contributed by atoms with Crippen LogP contribution in [0.4, 0.5) is 5.69 Å². The molecule has 0 fully saturated rings. The van der Waals surface area contributed by atoms with Crippen LogP contribution >= 0.6 is 0 Å². The van der Waals surface area contributed by atoms with Crippen LogP contribution in [0.1, 0.15) is 13.8 Å². The summed E-state index contributed by atoms with van der Waals surface area (Å²) in [6.07, 6.45) is -0.140. The second-order valence-corrected chi connectivity index (χ2v) is 3.69. The third-order valence-electron chi connectivity index (χ3n) is 1.88. The highest BCUT2D eigenvalue weighted by atomic mass is 16.6. The summed E-state index contributed by atoms with van der Waals surface area (Å²) in [6.45, 7) is 4.35. The number of hydrogen-bond acceptors (Lipinski definition) is 5. The van der Waals surface area contributed by atoms with Gasteiger partial charge in [0.25, 0.3) is 0 Å². The predicted molar refractivity (Wildman–Crippen MR) is 63.4 cm³/mol. The first-order chi connectivity index (χ1) is 8.04. The van der Waals surface area contributed by atoms with Crippen LogP contribution in [0.25, 0.3) is 0 Å². The number of nitro groups is 1. The molecule has 6 heteroatoms. The highest BCUT2D eigenvalue weighted by Crippen LogP contribution is 2.31. The highest BCUT2D eigenvalue weighted by molar-refractivity contribution is 5.50. The van der Waals surface area contributed by atoms with Gasteiger partial charge < -0.3 is 15.2 Å². The first-order valence-corrected chi connectivity index (χ1v) is 5.32. The van der Waals surface area contributed by atoms with Crippen LogP contribution in [0.2, 0.25) is 0 Å². The fourth-order valence-corrected chi connectivity index (χ4v) is 1.26. The van der Waals surface area contributed by atoms with Crippen LogP contribution in [0, 0.1) is 10.1 Å². The maximum absolute atomic E-state index is 10.8. The standard InChI is InChI=1S/C11H16N2O4/c1-8(2)17-11-7-9(16-6-5-12)3-4-10(11)13(14)15/h3-4,7-8H,5-6,12H2,1-2H3. The molecule has 0 aromatic heterocycles. The molecule has 0 aliphatic carbocycles. The summed E-state index contributed by atoms with van der Waals surface area (Å²) in [6, 6.07) is 4.40. The molecule has 6 nitrogen and oxygen atoms in total. The molecule has 0 spiro atoms. The van der Waals surface area contributed by atoms with Crippen LogP contribution in [0.15, 0.2) is 18.2 Å². The Balaban J connectivity index is 2.97. The second-order valence-electron chi connectivity index (χ2n) is 3.69. The van der Waals surface area contributed by atoms with Crippen molar-refractivity contribution in [1.82, 2.24) is 0 Å². The number of ether oxygens (including phenoxy) is 2. The van der Waals surface area contributed by atoms with E-state index in [4.69, 9.17) is 15.2 Å². The third kappa shape index (κ3) is 3.92.